The molecule has 0 saturated heterocycles. The predicted molar refractivity (Wildman–Crippen MR) is 123 cm³/mol. The summed E-state index contributed by atoms with van der Waals surface area (Å²) < 4.78 is 1.26. The minimum atomic E-state index is -0.339. The Morgan fingerprint density at radius 3 is 1.93 bits per heavy atom. The van der Waals surface area contributed by atoms with Crippen molar-refractivity contribution in [3.05, 3.63) is 95.0 Å². The van der Waals surface area contributed by atoms with Crippen LogP contribution in [0.5, 0.6) is 0 Å². The molecular formula is C25H26BrP. The van der Waals surface area contributed by atoms with Gasteiger partial charge in [0.2, 0.25) is 0 Å². The summed E-state index contributed by atoms with van der Waals surface area (Å²) in [6, 6.07) is 31.3. The van der Waals surface area contributed by atoms with Gasteiger partial charge >= 0.3 is 0 Å². The molecule has 3 atom stereocenters. The summed E-state index contributed by atoms with van der Waals surface area (Å²) in [6.07, 6.45) is 4.03. The summed E-state index contributed by atoms with van der Waals surface area (Å²) in [4.78, 5) is 0. The Kier molecular flexibility index (Phi) is 6.11. The average molecular weight is 437 g/mol. The second kappa shape index (κ2) is 8.72. The van der Waals surface area contributed by atoms with E-state index in [9.17, 15) is 0 Å². The van der Waals surface area contributed by atoms with E-state index < -0.39 is 0 Å². The highest BCUT2D eigenvalue weighted by molar-refractivity contribution is 9.10. The van der Waals surface area contributed by atoms with Crippen molar-refractivity contribution in [3.63, 3.8) is 0 Å². The lowest BCUT2D eigenvalue weighted by Gasteiger charge is -2.34. The number of benzene rings is 3. The van der Waals surface area contributed by atoms with Gasteiger partial charge in [0.05, 0.1) is 0 Å². The Morgan fingerprint density at radius 1 is 0.778 bits per heavy atom. The van der Waals surface area contributed by atoms with Crippen LogP contribution in [0.15, 0.2) is 89.4 Å². The number of hydrogen-bond acceptors (Lipinski definition) is 0. The molecule has 1 fully saturated rings. The number of hydrogen-bond donors (Lipinski definition) is 0. The minimum absolute atomic E-state index is 0.339. The molecule has 0 N–H and O–H groups in total. The largest absolute Gasteiger partial charge is 0.0622 e. The molecule has 0 aromatic heterocycles. The van der Waals surface area contributed by atoms with Gasteiger partial charge in [0.1, 0.15) is 0 Å². The SMILES string of the molecule is C[C@H](c1ccccc1Br)C1CCCC1P(c1ccccc1)c1ccccc1. The van der Waals surface area contributed by atoms with Gasteiger partial charge in [-0.15, -0.1) is 0 Å². The Hall–Kier alpha value is -1.43. The van der Waals surface area contributed by atoms with Crippen molar-refractivity contribution in [3.8, 4) is 0 Å². The minimum Gasteiger partial charge on any atom is -0.0622 e. The normalized spacial score (nSPS) is 20.7. The van der Waals surface area contributed by atoms with E-state index in [-0.39, 0.29) is 7.92 Å². The van der Waals surface area contributed by atoms with Gasteiger partial charge in [-0.1, -0.05) is 108 Å². The molecule has 1 saturated carbocycles. The van der Waals surface area contributed by atoms with E-state index in [0.29, 0.717) is 5.92 Å². The molecule has 4 rings (SSSR count). The molecule has 0 radical (unpaired) electrons. The highest BCUT2D eigenvalue weighted by atomic mass is 79.9. The topological polar surface area (TPSA) is 0 Å². The van der Waals surface area contributed by atoms with Gasteiger partial charge in [0.15, 0.2) is 0 Å². The van der Waals surface area contributed by atoms with Gasteiger partial charge < -0.3 is 0 Å². The van der Waals surface area contributed by atoms with Crippen LogP contribution in [0.2, 0.25) is 0 Å². The molecular weight excluding hydrogens is 411 g/mol. The highest BCUT2D eigenvalue weighted by Crippen LogP contribution is 2.54. The van der Waals surface area contributed by atoms with Crippen molar-refractivity contribution in [1.82, 2.24) is 0 Å². The van der Waals surface area contributed by atoms with Crippen molar-refractivity contribution in [1.29, 1.82) is 0 Å². The first-order valence-electron chi connectivity index (χ1n) is 9.89. The van der Waals surface area contributed by atoms with Gasteiger partial charge in [0.25, 0.3) is 0 Å². The second-order valence-electron chi connectivity index (χ2n) is 7.51. The van der Waals surface area contributed by atoms with E-state index in [1.165, 1.54) is 39.9 Å². The molecule has 0 spiro atoms. The zero-order valence-corrected chi connectivity index (χ0v) is 18.2. The maximum Gasteiger partial charge on any atom is 0.0210 e. The molecule has 3 aromatic rings. The van der Waals surface area contributed by atoms with E-state index in [2.05, 4.69) is 108 Å². The second-order valence-corrected chi connectivity index (χ2v) is 10.8. The maximum atomic E-state index is 3.80. The maximum absolute atomic E-state index is 3.80. The average Bonchev–Trinajstić information content (AvgIpc) is 3.19. The summed E-state index contributed by atoms with van der Waals surface area (Å²) in [5, 5.41) is 3.05. The Labute approximate surface area is 172 Å². The van der Waals surface area contributed by atoms with Crippen LogP contribution in [0.25, 0.3) is 0 Å². The molecule has 1 aliphatic carbocycles. The molecule has 27 heavy (non-hydrogen) atoms. The first-order valence-corrected chi connectivity index (χ1v) is 12.1. The summed E-state index contributed by atoms with van der Waals surface area (Å²) in [7, 11) is -0.339. The smallest absolute Gasteiger partial charge is 0.0210 e. The quantitative estimate of drug-likeness (QED) is 0.383. The lowest BCUT2D eigenvalue weighted by molar-refractivity contribution is 0.466. The van der Waals surface area contributed by atoms with E-state index in [4.69, 9.17) is 0 Å². The molecule has 0 bridgehead atoms. The third kappa shape index (κ3) is 4.05. The molecule has 1 aliphatic rings. The lowest BCUT2D eigenvalue weighted by atomic mass is 9.86. The Morgan fingerprint density at radius 2 is 1.33 bits per heavy atom. The Bertz CT molecular complexity index is 822. The molecule has 138 valence electrons. The van der Waals surface area contributed by atoms with Crippen molar-refractivity contribution >= 4 is 34.5 Å². The lowest BCUT2D eigenvalue weighted by Crippen LogP contribution is -2.27. The first-order chi connectivity index (χ1) is 13.3. The zero-order valence-electron chi connectivity index (χ0n) is 15.8. The zero-order chi connectivity index (χ0) is 18.6. The van der Waals surface area contributed by atoms with Gasteiger partial charge in [-0.05, 0) is 60.5 Å². The fourth-order valence-electron chi connectivity index (χ4n) is 4.66. The van der Waals surface area contributed by atoms with Crippen LogP contribution >= 0.6 is 23.9 Å². The van der Waals surface area contributed by atoms with E-state index in [1.54, 1.807) is 0 Å². The van der Waals surface area contributed by atoms with Crippen molar-refractivity contribution < 1.29 is 0 Å². The standard InChI is InChI=1S/C25H26BrP/c1-19(22-15-8-9-17-24(22)26)23-16-10-18-25(23)27(20-11-4-2-5-12-20)21-13-6-3-7-14-21/h2-9,11-15,17,19,23,25H,10,16,18H2,1H3/t19-,23?,25?/m1/s1. The van der Waals surface area contributed by atoms with Crippen LogP contribution < -0.4 is 10.6 Å². The third-order valence-electron chi connectivity index (χ3n) is 5.97. The van der Waals surface area contributed by atoms with Crippen LogP contribution in [-0.4, -0.2) is 5.66 Å². The van der Waals surface area contributed by atoms with Gasteiger partial charge in [-0.25, -0.2) is 0 Å². The predicted octanol–water partition coefficient (Wildman–Crippen LogP) is 6.85. The summed E-state index contributed by atoms with van der Waals surface area (Å²) >= 11 is 3.80. The van der Waals surface area contributed by atoms with E-state index in [0.717, 1.165) is 11.6 Å². The summed E-state index contributed by atoms with van der Waals surface area (Å²) in [6.45, 7) is 2.44. The van der Waals surface area contributed by atoms with Crippen LogP contribution in [0, 0.1) is 5.92 Å². The highest BCUT2D eigenvalue weighted by Gasteiger charge is 2.38. The monoisotopic (exact) mass is 436 g/mol. The third-order valence-corrected chi connectivity index (χ3v) is 9.71. The molecule has 0 amide bonds. The summed E-state index contributed by atoms with van der Waals surface area (Å²) in [5.74, 6) is 1.31. The fourth-order valence-corrected chi connectivity index (χ4v) is 8.58. The van der Waals surface area contributed by atoms with Crippen molar-refractivity contribution in [2.24, 2.45) is 5.92 Å². The van der Waals surface area contributed by atoms with E-state index in [1.807, 2.05) is 0 Å². The molecule has 0 heterocycles. The van der Waals surface area contributed by atoms with E-state index >= 15 is 0 Å². The van der Waals surface area contributed by atoms with Crippen molar-refractivity contribution in [2.75, 3.05) is 0 Å². The van der Waals surface area contributed by atoms with Gasteiger partial charge in [-0.2, -0.15) is 0 Å². The molecule has 2 unspecified atom stereocenters. The van der Waals surface area contributed by atoms with Crippen LogP contribution in [-0.2, 0) is 0 Å². The van der Waals surface area contributed by atoms with Crippen molar-refractivity contribution in [2.45, 2.75) is 37.8 Å². The van der Waals surface area contributed by atoms with Crippen LogP contribution in [0.4, 0.5) is 0 Å². The molecule has 2 heteroatoms. The van der Waals surface area contributed by atoms with Crippen LogP contribution in [0.3, 0.4) is 0 Å². The first kappa shape index (κ1) is 18.9. The van der Waals surface area contributed by atoms with Crippen LogP contribution in [0.1, 0.15) is 37.7 Å². The Balaban J connectivity index is 1.72. The van der Waals surface area contributed by atoms with Gasteiger partial charge in [-0.3, -0.25) is 0 Å². The number of halogens is 1. The molecule has 3 aromatic carbocycles. The fraction of sp³-hybridized carbons (Fsp3) is 0.280. The molecule has 0 aliphatic heterocycles. The summed E-state index contributed by atoms with van der Waals surface area (Å²) in [5.41, 5.74) is 2.21. The molecule has 0 nitrogen and oxygen atoms in total. The number of rotatable bonds is 5. The van der Waals surface area contributed by atoms with Gasteiger partial charge in [0, 0.05) is 4.47 Å².